The maximum absolute atomic E-state index is 9.29. The van der Waals surface area contributed by atoms with Gasteiger partial charge in [0.25, 0.3) is 0 Å². The lowest BCUT2D eigenvalue weighted by Gasteiger charge is -1.98. The van der Waals surface area contributed by atoms with Gasteiger partial charge in [0.05, 0.1) is 0 Å². The van der Waals surface area contributed by atoms with Crippen LogP contribution in [0.25, 0.3) is 0 Å². The molecular weight excluding hydrogens is 124 g/mol. The first-order chi connectivity index (χ1) is 4.88. The summed E-state index contributed by atoms with van der Waals surface area (Å²) >= 11 is 0. The minimum Gasteiger partial charge on any atom is -0.508 e. The van der Waals surface area contributed by atoms with Crippen LogP contribution in [0.4, 0.5) is 0 Å². The lowest BCUT2D eigenvalue weighted by molar-refractivity contribution is 0.468. The molecule has 0 unspecified atom stereocenters. The van der Waals surface area contributed by atoms with E-state index in [-0.39, 0.29) is 0 Å². The number of hydrogen-bond acceptors (Lipinski definition) is 1. The van der Waals surface area contributed by atoms with Gasteiger partial charge in [-0.1, -0.05) is 12.1 Å². The molecule has 1 nitrogen and oxygen atoms in total. The van der Waals surface area contributed by atoms with E-state index in [9.17, 15) is 5.11 Å². The summed E-state index contributed by atoms with van der Waals surface area (Å²) < 4.78 is 0. The van der Waals surface area contributed by atoms with Crippen LogP contribution in [0, 0.1) is 6.07 Å². The highest BCUT2D eigenvalue weighted by atomic mass is 16.3. The molecule has 1 N–H and O–H groups in total. The van der Waals surface area contributed by atoms with Gasteiger partial charge in [-0.2, -0.15) is 0 Å². The molecule has 0 aromatic heterocycles. The maximum atomic E-state index is 9.29. The Morgan fingerprint density at radius 3 is 2.90 bits per heavy atom. The molecule has 2 rings (SSSR count). The topological polar surface area (TPSA) is 20.2 Å². The van der Waals surface area contributed by atoms with Crippen LogP contribution < -0.4 is 0 Å². The highest BCUT2D eigenvalue weighted by Gasteiger charge is 2.25. The lowest BCUT2D eigenvalue weighted by atomic mass is 10.1. The van der Waals surface area contributed by atoms with Gasteiger partial charge in [-0.15, -0.1) is 0 Å². The van der Waals surface area contributed by atoms with E-state index in [1.54, 1.807) is 12.1 Å². The fourth-order valence-corrected chi connectivity index (χ4v) is 1.14. The van der Waals surface area contributed by atoms with Crippen molar-refractivity contribution in [1.29, 1.82) is 0 Å². The quantitative estimate of drug-likeness (QED) is 0.621. The van der Waals surface area contributed by atoms with E-state index in [4.69, 9.17) is 0 Å². The van der Waals surface area contributed by atoms with Crippen molar-refractivity contribution in [2.24, 2.45) is 0 Å². The second-order valence-electron chi connectivity index (χ2n) is 2.74. The summed E-state index contributed by atoms with van der Waals surface area (Å²) in [7, 11) is 0. The van der Waals surface area contributed by atoms with Crippen molar-refractivity contribution in [3.8, 4) is 5.75 Å². The Bertz CT molecular complexity index is 238. The monoisotopic (exact) mass is 133 g/mol. The van der Waals surface area contributed by atoms with Crippen LogP contribution in [0.1, 0.15) is 24.3 Å². The Kier molecular flexibility index (Phi) is 1.16. The molecule has 51 valence electrons. The van der Waals surface area contributed by atoms with Crippen LogP contribution in [0.5, 0.6) is 5.75 Å². The number of phenols is 1. The first-order valence-corrected chi connectivity index (χ1v) is 3.57. The van der Waals surface area contributed by atoms with E-state index in [2.05, 4.69) is 6.07 Å². The summed E-state index contributed by atoms with van der Waals surface area (Å²) in [6, 6.07) is 8.44. The van der Waals surface area contributed by atoms with Crippen molar-refractivity contribution in [2.75, 3.05) is 0 Å². The van der Waals surface area contributed by atoms with Gasteiger partial charge in [0.15, 0.2) is 0 Å². The van der Waals surface area contributed by atoms with Crippen molar-refractivity contribution < 1.29 is 5.11 Å². The summed E-state index contributed by atoms with van der Waals surface area (Å²) in [6.45, 7) is 0. The number of phenolic OH excluding ortho intramolecular Hbond substituents is 1. The molecule has 1 fully saturated rings. The van der Waals surface area contributed by atoms with Crippen LogP contribution in [0.2, 0.25) is 0 Å². The van der Waals surface area contributed by atoms with Gasteiger partial charge in [-0.3, -0.25) is 0 Å². The zero-order valence-corrected chi connectivity index (χ0v) is 5.67. The van der Waals surface area contributed by atoms with Gasteiger partial charge in [-0.25, -0.2) is 0 Å². The second kappa shape index (κ2) is 2.01. The Balaban J connectivity index is 2.39. The third-order valence-corrected chi connectivity index (χ3v) is 1.85. The van der Waals surface area contributed by atoms with E-state index in [0.717, 1.165) is 5.56 Å². The van der Waals surface area contributed by atoms with Crippen LogP contribution in [0.3, 0.4) is 0 Å². The number of hydrogen-bond donors (Lipinski definition) is 1. The SMILES string of the molecule is Oc1ccc[c]c1C1CC1. The molecule has 0 amide bonds. The first kappa shape index (κ1) is 5.78. The van der Waals surface area contributed by atoms with Gasteiger partial charge < -0.3 is 5.11 Å². The third kappa shape index (κ3) is 0.878. The third-order valence-electron chi connectivity index (χ3n) is 1.85. The summed E-state index contributed by atoms with van der Waals surface area (Å²) in [4.78, 5) is 0. The minimum atomic E-state index is 0.407. The molecule has 0 atom stereocenters. The Morgan fingerprint density at radius 2 is 2.30 bits per heavy atom. The van der Waals surface area contributed by atoms with Gasteiger partial charge in [-0.05, 0) is 30.9 Å². The van der Waals surface area contributed by atoms with Crippen molar-refractivity contribution in [1.82, 2.24) is 0 Å². The molecule has 1 saturated carbocycles. The summed E-state index contributed by atoms with van der Waals surface area (Å²) in [5.41, 5.74) is 1.00. The predicted molar refractivity (Wildman–Crippen MR) is 38.9 cm³/mol. The van der Waals surface area contributed by atoms with E-state index in [1.165, 1.54) is 12.8 Å². The second-order valence-corrected chi connectivity index (χ2v) is 2.74. The summed E-state index contributed by atoms with van der Waals surface area (Å²) in [5.74, 6) is 1.01. The smallest absolute Gasteiger partial charge is 0.119 e. The molecular formula is C9H9O. The Hall–Kier alpha value is -0.980. The van der Waals surface area contributed by atoms with E-state index in [1.807, 2.05) is 6.07 Å². The standard InChI is InChI=1S/C9H9O/c10-9-4-2-1-3-8(9)7-5-6-7/h1-2,4,7,10H,5-6H2. The average molecular weight is 133 g/mol. The molecule has 1 aromatic carbocycles. The van der Waals surface area contributed by atoms with E-state index >= 15 is 0 Å². The van der Waals surface area contributed by atoms with Crippen LogP contribution in [0.15, 0.2) is 18.2 Å². The highest BCUT2D eigenvalue weighted by Crippen LogP contribution is 2.43. The van der Waals surface area contributed by atoms with E-state index < -0.39 is 0 Å². The van der Waals surface area contributed by atoms with Gasteiger partial charge in [0.1, 0.15) is 5.75 Å². The number of aromatic hydroxyl groups is 1. The first-order valence-electron chi connectivity index (χ1n) is 3.57. The zero-order chi connectivity index (χ0) is 6.97. The van der Waals surface area contributed by atoms with Gasteiger partial charge in [0.2, 0.25) is 0 Å². The van der Waals surface area contributed by atoms with Crippen LogP contribution in [-0.4, -0.2) is 5.11 Å². The van der Waals surface area contributed by atoms with Crippen molar-refractivity contribution in [2.45, 2.75) is 18.8 Å². The summed E-state index contributed by atoms with van der Waals surface area (Å²) in [6.07, 6.45) is 2.43. The molecule has 1 heteroatoms. The molecule has 0 bridgehead atoms. The molecule has 1 radical (unpaired) electrons. The maximum Gasteiger partial charge on any atom is 0.119 e. The van der Waals surface area contributed by atoms with Gasteiger partial charge >= 0.3 is 0 Å². The Morgan fingerprint density at radius 1 is 1.50 bits per heavy atom. The molecule has 1 aliphatic carbocycles. The largest absolute Gasteiger partial charge is 0.508 e. The molecule has 0 saturated heterocycles. The highest BCUT2D eigenvalue weighted by molar-refractivity contribution is 5.36. The fraction of sp³-hybridized carbons (Fsp3) is 0.333. The number of rotatable bonds is 1. The van der Waals surface area contributed by atoms with E-state index in [0.29, 0.717) is 11.7 Å². The normalized spacial score (nSPS) is 17.2. The summed E-state index contributed by atoms with van der Waals surface area (Å²) in [5, 5.41) is 9.29. The molecule has 0 heterocycles. The minimum absolute atomic E-state index is 0.407. The van der Waals surface area contributed by atoms with Crippen LogP contribution in [-0.2, 0) is 0 Å². The molecule has 0 spiro atoms. The molecule has 10 heavy (non-hydrogen) atoms. The van der Waals surface area contributed by atoms with Crippen LogP contribution >= 0.6 is 0 Å². The van der Waals surface area contributed by atoms with Crippen molar-refractivity contribution in [3.05, 3.63) is 29.8 Å². The van der Waals surface area contributed by atoms with Crippen molar-refractivity contribution >= 4 is 0 Å². The Labute approximate surface area is 60.3 Å². The van der Waals surface area contributed by atoms with Crippen molar-refractivity contribution in [3.63, 3.8) is 0 Å². The molecule has 1 aromatic rings. The molecule has 0 aliphatic heterocycles. The van der Waals surface area contributed by atoms with Gasteiger partial charge in [0, 0.05) is 5.56 Å². The predicted octanol–water partition coefficient (Wildman–Crippen LogP) is 2.07. The number of benzene rings is 1. The molecule has 1 aliphatic rings. The lowest BCUT2D eigenvalue weighted by Crippen LogP contribution is -1.78. The average Bonchev–Trinajstić information content (AvgIpc) is 2.71. The zero-order valence-electron chi connectivity index (χ0n) is 5.67. The fourth-order valence-electron chi connectivity index (χ4n) is 1.14.